The van der Waals surface area contributed by atoms with Gasteiger partial charge in [-0.15, -0.1) is 0 Å². The van der Waals surface area contributed by atoms with E-state index in [4.69, 9.17) is 4.74 Å². The minimum Gasteiger partial charge on any atom is -0.506 e. The number of hydrogen-bond acceptors (Lipinski definition) is 7. The average molecular weight is 851 g/mol. The summed E-state index contributed by atoms with van der Waals surface area (Å²) in [5.74, 6) is -2.80. The summed E-state index contributed by atoms with van der Waals surface area (Å²) in [7, 11) is 0. The van der Waals surface area contributed by atoms with Gasteiger partial charge in [-0.3, -0.25) is 4.79 Å². The minimum atomic E-state index is -1.38. The fraction of sp³-hybridized carbons (Fsp3) is 0.528. The van der Waals surface area contributed by atoms with E-state index >= 15 is 0 Å². The number of nitrogens with zero attached hydrogens (tertiary/aromatic N) is 3. The van der Waals surface area contributed by atoms with Crippen molar-refractivity contribution in [3.8, 4) is 5.75 Å². The number of carboxylic acids is 2. The Labute approximate surface area is 318 Å². The third-order valence-electron chi connectivity index (χ3n) is 11.0. The number of halogens is 2. The Bertz CT molecular complexity index is 1680. The zero-order valence-corrected chi connectivity index (χ0v) is 31.8. The van der Waals surface area contributed by atoms with Crippen LogP contribution in [0.3, 0.4) is 0 Å². The number of fused-ring (bicyclic) bond motifs is 1. The lowest BCUT2D eigenvalue weighted by Crippen LogP contribution is -3.21. The number of anilines is 1. The number of rotatable bonds is 8. The average Bonchev–Trinajstić information content (AvgIpc) is 3.30. The number of hydrogen-bond donors (Lipinski definition) is 5. The summed E-state index contributed by atoms with van der Waals surface area (Å²) < 4.78 is 6.66. The summed E-state index contributed by atoms with van der Waals surface area (Å²) in [6, 6.07) is 8.55. The van der Waals surface area contributed by atoms with Gasteiger partial charge >= 0.3 is 24.1 Å². The summed E-state index contributed by atoms with van der Waals surface area (Å²) in [5, 5.41) is 33.4. The molecule has 4 amide bonds. The zero-order valence-electron chi connectivity index (χ0n) is 28.6. The molecule has 0 spiro atoms. The van der Waals surface area contributed by atoms with E-state index in [1.807, 2.05) is 29.2 Å². The molecule has 0 radical (unpaired) electrons. The second-order valence-electron chi connectivity index (χ2n) is 14.1. The van der Waals surface area contributed by atoms with Crippen LogP contribution < -0.4 is 10.2 Å². The van der Waals surface area contributed by atoms with E-state index in [2.05, 4.69) is 37.2 Å². The maximum atomic E-state index is 14.3. The standard InChI is InChI=1S/C36H43Br2N5O9/c37-25-17-21(18-26(38)31(25)44)19-30(32(45)43-16-11-24(20-29(43)34(48)49)41-12-4-3-7-28(41)33(46)47)52-36(51)40-13-9-23(10-14-40)42-15-8-22-5-1-2-6-27(22)39-35(42)50/h1-2,5-6,17-18,23-24,28-30,44H,3-4,7-16,19-20H2,(H,39,50)(H,46,47)(H,48,49)/p+1/t24?,28?,29?,30-/m1/s1. The summed E-state index contributed by atoms with van der Waals surface area (Å²) >= 11 is 6.62. The lowest BCUT2D eigenvalue weighted by Gasteiger charge is -2.43. The van der Waals surface area contributed by atoms with Gasteiger partial charge in [0.1, 0.15) is 11.8 Å². The lowest BCUT2D eigenvalue weighted by atomic mass is 9.90. The number of benzene rings is 2. The molecule has 14 nitrogen and oxygen atoms in total. The van der Waals surface area contributed by atoms with Crippen LogP contribution in [0.4, 0.5) is 15.3 Å². The second kappa shape index (κ2) is 16.4. The van der Waals surface area contributed by atoms with Gasteiger partial charge in [-0.2, -0.15) is 0 Å². The molecule has 4 aliphatic heterocycles. The van der Waals surface area contributed by atoms with Crippen molar-refractivity contribution in [1.29, 1.82) is 0 Å². The first-order chi connectivity index (χ1) is 24.9. The highest BCUT2D eigenvalue weighted by Crippen LogP contribution is 2.34. The van der Waals surface area contributed by atoms with Crippen molar-refractivity contribution in [2.24, 2.45) is 0 Å². The van der Waals surface area contributed by atoms with E-state index < -0.39 is 42.1 Å². The Kier molecular flexibility index (Phi) is 12.0. The number of carboxylic acid groups (broad SMARTS) is 2. The molecule has 0 aliphatic carbocycles. The lowest BCUT2D eigenvalue weighted by molar-refractivity contribution is -0.947. The zero-order chi connectivity index (χ0) is 37.1. The number of carbonyl (C=O) groups is 5. The number of quaternary nitrogens is 1. The Morgan fingerprint density at radius 3 is 2.35 bits per heavy atom. The van der Waals surface area contributed by atoms with Crippen molar-refractivity contribution >= 4 is 67.5 Å². The van der Waals surface area contributed by atoms with Crippen LogP contribution >= 0.6 is 31.9 Å². The molecule has 3 fully saturated rings. The second-order valence-corrected chi connectivity index (χ2v) is 15.8. The molecule has 5 atom stereocenters. The van der Waals surface area contributed by atoms with E-state index in [0.29, 0.717) is 72.8 Å². The summed E-state index contributed by atoms with van der Waals surface area (Å²) in [6.07, 6.45) is 2.22. The normalized spacial score (nSPS) is 24.7. The molecular weight excluding hydrogens is 806 g/mol. The van der Waals surface area contributed by atoms with Gasteiger partial charge in [0.15, 0.2) is 12.1 Å². The number of ether oxygens (including phenoxy) is 1. The van der Waals surface area contributed by atoms with Crippen LogP contribution in [-0.4, -0.2) is 123 Å². The largest absolute Gasteiger partial charge is 0.506 e. The molecule has 0 aromatic heterocycles. The van der Waals surface area contributed by atoms with Crippen molar-refractivity contribution in [3.63, 3.8) is 0 Å². The number of urea groups is 1. The molecule has 2 aromatic rings. The quantitative estimate of drug-likeness (QED) is 0.266. The molecule has 4 unspecified atom stereocenters. The molecule has 0 saturated carbocycles. The first-order valence-corrected chi connectivity index (χ1v) is 19.4. The van der Waals surface area contributed by atoms with Gasteiger partial charge in [-0.1, -0.05) is 18.2 Å². The number of phenolic OH excluding ortho intramolecular Hbond substituents is 1. The van der Waals surface area contributed by atoms with Gasteiger partial charge in [0.25, 0.3) is 5.91 Å². The monoisotopic (exact) mass is 848 g/mol. The molecular formula is C36H44Br2N5O9+. The molecule has 0 bridgehead atoms. The maximum Gasteiger partial charge on any atom is 0.410 e. The number of likely N-dealkylation sites (tertiary alicyclic amines) is 3. The van der Waals surface area contributed by atoms with Gasteiger partial charge in [0, 0.05) is 63.6 Å². The SMILES string of the molecule is O=C(O)C1CC([NH+]2CCCCC2C(=O)O)CCN1C(=O)[C@@H](Cc1cc(Br)c(O)c(Br)c1)OC(=O)N1CCC(N2CCc3ccccc3NC2=O)CC1. The molecule has 52 heavy (non-hydrogen) atoms. The first kappa shape index (κ1) is 37.9. The van der Waals surface area contributed by atoms with Crippen LogP contribution in [0.2, 0.25) is 0 Å². The summed E-state index contributed by atoms with van der Waals surface area (Å²) in [4.78, 5) is 71.2. The van der Waals surface area contributed by atoms with Crippen LogP contribution in [0, 0.1) is 0 Å². The Balaban J connectivity index is 1.15. The van der Waals surface area contributed by atoms with Crippen molar-refractivity contribution in [2.75, 3.05) is 38.0 Å². The highest BCUT2D eigenvalue weighted by molar-refractivity contribution is 9.11. The molecule has 280 valence electrons. The van der Waals surface area contributed by atoms with Crippen LogP contribution in [-0.2, 0) is 32.0 Å². The number of para-hydroxylation sites is 1. The fourth-order valence-electron chi connectivity index (χ4n) is 8.22. The van der Waals surface area contributed by atoms with Crippen LogP contribution in [0.15, 0.2) is 45.3 Å². The van der Waals surface area contributed by atoms with Crippen molar-refractivity contribution in [1.82, 2.24) is 14.7 Å². The third kappa shape index (κ3) is 8.33. The fourth-order valence-corrected chi connectivity index (χ4v) is 9.50. The van der Waals surface area contributed by atoms with Crippen LogP contribution in [0.25, 0.3) is 0 Å². The number of phenols is 1. The number of nitrogens with one attached hydrogen (secondary N) is 2. The van der Waals surface area contributed by atoms with Gasteiger partial charge in [0.2, 0.25) is 0 Å². The molecule has 6 rings (SSSR count). The molecule has 2 aromatic carbocycles. The summed E-state index contributed by atoms with van der Waals surface area (Å²) in [6.45, 7) is 1.83. The number of piperidine rings is 3. The Morgan fingerprint density at radius 2 is 1.65 bits per heavy atom. The molecule has 3 saturated heterocycles. The van der Waals surface area contributed by atoms with Gasteiger partial charge in [-0.05, 0) is 93.3 Å². The molecule has 5 N–H and O–H groups in total. The predicted molar refractivity (Wildman–Crippen MR) is 195 cm³/mol. The maximum absolute atomic E-state index is 14.3. The van der Waals surface area contributed by atoms with Crippen LogP contribution in [0.1, 0.15) is 56.1 Å². The topological polar surface area (TPSA) is 181 Å². The van der Waals surface area contributed by atoms with Crippen molar-refractivity contribution in [3.05, 3.63) is 56.5 Å². The molecule has 4 heterocycles. The van der Waals surface area contributed by atoms with E-state index in [-0.39, 0.29) is 43.3 Å². The number of aromatic hydroxyl groups is 1. The van der Waals surface area contributed by atoms with Gasteiger partial charge in [-0.25, -0.2) is 19.2 Å². The van der Waals surface area contributed by atoms with Crippen molar-refractivity contribution in [2.45, 2.75) is 88.1 Å². The van der Waals surface area contributed by atoms with E-state index in [1.165, 1.54) is 9.80 Å². The van der Waals surface area contributed by atoms with E-state index in [1.54, 1.807) is 12.1 Å². The number of carbonyl (C=O) groups excluding carboxylic acids is 3. The van der Waals surface area contributed by atoms with Crippen molar-refractivity contribution < 1.29 is 48.9 Å². The Hall–Kier alpha value is -3.89. The number of aliphatic carboxylic acids is 2. The van der Waals surface area contributed by atoms with E-state index in [0.717, 1.165) is 29.0 Å². The summed E-state index contributed by atoms with van der Waals surface area (Å²) in [5.41, 5.74) is 2.42. The van der Waals surface area contributed by atoms with Crippen LogP contribution in [0.5, 0.6) is 5.75 Å². The van der Waals surface area contributed by atoms with E-state index in [9.17, 15) is 39.3 Å². The highest BCUT2D eigenvalue weighted by Gasteiger charge is 2.46. The van der Waals surface area contributed by atoms with Gasteiger partial charge < -0.3 is 45.0 Å². The van der Waals surface area contributed by atoms with Gasteiger partial charge in [0.05, 0.1) is 21.5 Å². The molecule has 16 heteroatoms. The highest BCUT2D eigenvalue weighted by atomic mass is 79.9. The molecule has 4 aliphatic rings. The third-order valence-corrected chi connectivity index (χ3v) is 12.2. The minimum absolute atomic E-state index is 0.0404. The number of amides is 4. The smallest absolute Gasteiger partial charge is 0.410 e. The predicted octanol–water partition coefficient (Wildman–Crippen LogP) is 3.49. The first-order valence-electron chi connectivity index (χ1n) is 17.8. The Morgan fingerprint density at radius 1 is 0.942 bits per heavy atom.